The molecule has 2 aromatic carbocycles. The van der Waals surface area contributed by atoms with Gasteiger partial charge in [0, 0.05) is 0 Å². The van der Waals surface area contributed by atoms with Gasteiger partial charge in [-0.3, -0.25) is 4.79 Å². The number of ether oxygens (including phenoxy) is 1. The summed E-state index contributed by atoms with van der Waals surface area (Å²) in [6.45, 7) is -0.421. The lowest BCUT2D eigenvalue weighted by Gasteiger charge is -2.10. The molecule has 9 heteroatoms. The molecule has 0 aliphatic rings. The monoisotopic (exact) mass is 353 g/mol. The highest BCUT2D eigenvalue weighted by Crippen LogP contribution is 2.31. The number of alkyl halides is 3. The fourth-order valence-corrected chi connectivity index (χ4v) is 2.55. The molecule has 124 valence electrons. The van der Waals surface area contributed by atoms with Crippen LogP contribution in [-0.4, -0.2) is 21.3 Å². The van der Waals surface area contributed by atoms with Crippen molar-refractivity contribution in [2.24, 2.45) is 0 Å². The van der Waals surface area contributed by atoms with E-state index in [1.807, 2.05) is 0 Å². The molecular formula is C15H10F3N3O2S. The summed E-state index contributed by atoms with van der Waals surface area (Å²) < 4.78 is 51.1. The summed E-state index contributed by atoms with van der Waals surface area (Å²) in [6, 6.07) is 9.49. The molecule has 3 aromatic rings. The van der Waals surface area contributed by atoms with E-state index in [9.17, 15) is 18.0 Å². The number of carbonyl (C=O) groups excluding carboxylic acids is 1. The van der Waals surface area contributed by atoms with Crippen LogP contribution in [0.5, 0.6) is 5.75 Å². The Kier molecular flexibility index (Phi) is 4.34. The maximum absolute atomic E-state index is 12.6. The average Bonchev–Trinajstić information content (AvgIpc) is 3.02. The first-order chi connectivity index (χ1) is 11.4. The van der Waals surface area contributed by atoms with E-state index in [0.29, 0.717) is 16.7 Å². The van der Waals surface area contributed by atoms with Crippen LogP contribution in [0.25, 0.3) is 11.0 Å². The van der Waals surface area contributed by atoms with E-state index in [0.717, 1.165) is 23.9 Å². The van der Waals surface area contributed by atoms with Crippen molar-refractivity contribution in [2.75, 3.05) is 11.9 Å². The van der Waals surface area contributed by atoms with Crippen LogP contribution < -0.4 is 10.1 Å². The van der Waals surface area contributed by atoms with Gasteiger partial charge in [-0.1, -0.05) is 12.1 Å². The van der Waals surface area contributed by atoms with Crippen molar-refractivity contribution in [3.8, 4) is 5.75 Å². The Morgan fingerprint density at radius 1 is 1.17 bits per heavy atom. The minimum atomic E-state index is -4.46. The maximum atomic E-state index is 12.6. The second-order valence-electron chi connectivity index (χ2n) is 4.80. The quantitative estimate of drug-likeness (QED) is 0.776. The minimum Gasteiger partial charge on any atom is -0.484 e. The highest BCUT2D eigenvalue weighted by atomic mass is 32.1. The van der Waals surface area contributed by atoms with Gasteiger partial charge in [-0.15, -0.1) is 0 Å². The zero-order valence-corrected chi connectivity index (χ0v) is 12.8. The van der Waals surface area contributed by atoms with Gasteiger partial charge in [-0.2, -0.15) is 21.9 Å². The number of carbonyl (C=O) groups is 1. The van der Waals surface area contributed by atoms with Gasteiger partial charge < -0.3 is 10.1 Å². The molecule has 1 N–H and O–H groups in total. The zero-order valence-electron chi connectivity index (χ0n) is 12.0. The number of hydrogen-bond acceptors (Lipinski definition) is 5. The summed E-state index contributed by atoms with van der Waals surface area (Å²) in [7, 11) is 0. The van der Waals surface area contributed by atoms with Gasteiger partial charge in [0.25, 0.3) is 5.91 Å². The fraction of sp³-hybridized carbons (Fsp3) is 0.133. The predicted molar refractivity (Wildman–Crippen MR) is 83.0 cm³/mol. The third-order valence-corrected chi connectivity index (χ3v) is 3.63. The van der Waals surface area contributed by atoms with Crippen molar-refractivity contribution >= 4 is 34.4 Å². The van der Waals surface area contributed by atoms with E-state index in [-0.39, 0.29) is 5.75 Å². The second-order valence-corrected chi connectivity index (χ2v) is 5.33. The fourth-order valence-electron chi connectivity index (χ4n) is 2.00. The molecule has 0 aliphatic carbocycles. The number of halogens is 3. The second kappa shape index (κ2) is 6.44. The Labute approximate surface area is 138 Å². The first kappa shape index (κ1) is 16.2. The van der Waals surface area contributed by atoms with Crippen molar-refractivity contribution in [3.05, 3.63) is 48.0 Å². The van der Waals surface area contributed by atoms with Crippen LogP contribution in [-0.2, 0) is 11.0 Å². The first-order valence-corrected chi connectivity index (χ1v) is 7.48. The third kappa shape index (κ3) is 3.62. The number of anilines is 1. The van der Waals surface area contributed by atoms with Crippen LogP contribution in [0.3, 0.4) is 0 Å². The minimum absolute atomic E-state index is 0.0338. The van der Waals surface area contributed by atoms with Crippen LogP contribution in [0.4, 0.5) is 18.9 Å². The van der Waals surface area contributed by atoms with Gasteiger partial charge in [0.2, 0.25) is 0 Å². The Balaban J connectivity index is 1.65. The highest BCUT2D eigenvalue weighted by molar-refractivity contribution is 7.00. The van der Waals surface area contributed by atoms with Crippen molar-refractivity contribution in [3.63, 3.8) is 0 Å². The average molecular weight is 353 g/mol. The Morgan fingerprint density at radius 3 is 2.75 bits per heavy atom. The standard InChI is InChI=1S/C15H10F3N3O2S/c16-15(17,18)9-3-1-4-10(7-9)23-8-13(22)19-11-5-2-6-12-14(11)21-24-20-12/h1-7H,8H2,(H,19,22). The van der Waals surface area contributed by atoms with Gasteiger partial charge >= 0.3 is 6.18 Å². The smallest absolute Gasteiger partial charge is 0.416 e. The molecule has 0 fully saturated rings. The van der Waals surface area contributed by atoms with E-state index >= 15 is 0 Å². The highest BCUT2D eigenvalue weighted by Gasteiger charge is 2.30. The Morgan fingerprint density at radius 2 is 1.96 bits per heavy atom. The van der Waals surface area contributed by atoms with Crippen LogP contribution >= 0.6 is 11.7 Å². The third-order valence-electron chi connectivity index (χ3n) is 3.09. The maximum Gasteiger partial charge on any atom is 0.416 e. The molecule has 0 spiro atoms. The number of amides is 1. The molecule has 0 aliphatic heterocycles. The van der Waals surface area contributed by atoms with Crippen molar-refractivity contribution < 1.29 is 22.7 Å². The molecule has 0 saturated carbocycles. The van der Waals surface area contributed by atoms with Gasteiger partial charge in [-0.05, 0) is 30.3 Å². The largest absolute Gasteiger partial charge is 0.484 e. The summed E-state index contributed by atoms with van der Waals surface area (Å²) in [5.74, 6) is -0.540. The normalized spacial score (nSPS) is 11.5. The first-order valence-electron chi connectivity index (χ1n) is 6.75. The summed E-state index contributed by atoms with van der Waals surface area (Å²) in [6.07, 6.45) is -4.46. The molecule has 5 nitrogen and oxygen atoms in total. The number of hydrogen-bond donors (Lipinski definition) is 1. The molecule has 0 unspecified atom stereocenters. The number of rotatable bonds is 4. The Hall–Kier alpha value is -2.68. The van der Waals surface area contributed by atoms with E-state index in [2.05, 4.69) is 14.1 Å². The SMILES string of the molecule is O=C(COc1cccc(C(F)(F)F)c1)Nc1cccc2nsnc12. The van der Waals surface area contributed by atoms with Crippen molar-refractivity contribution in [1.82, 2.24) is 8.75 Å². The van der Waals surface area contributed by atoms with Crippen LogP contribution in [0.15, 0.2) is 42.5 Å². The van der Waals surface area contributed by atoms with Crippen LogP contribution in [0.1, 0.15) is 5.56 Å². The lowest BCUT2D eigenvalue weighted by Crippen LogP contribution is -2.20. The predicted octanol–water partition coefficient (Wildman–Crippen LogP) is 3.73. The lowest BCUT2D eigenvalue weighted by atomic mass is 10.2. The molecule has 0 saturated heterocycles. The Bertz CT molecular complexity index is 880. The van der Waals surface area contributed by atoms with E-state index in [1.54, 1.807) is 18.2 Å². The molecule has 0 bridgehead atoms. The molecule has 0 radical (unpaired) electrons. The lowest BCUT2D eigenvalue weighted by molar-refractivity contribution is -0.137. The van der Waals surface area contributed by atoms with Crippen LogP contribution in [0.2, 0.25) is 0 Å². The van der Waals surface area contributed by atoms with E-state index < -0.39 is 24.3 Å². The zero-order chi connectivity index (χ0) is 17.2. The van der Waals surface area contributed by atoms with Gasteiger partial charge in [0.05, 0.1) is 23.0 Å². The molecule has 24 heavy (non-hydrogen) atoms. The summed E-state index contributed by atoms with van der Waals surface area (Å²) in [5, 5.41) is 2.60. The summed E-state index contributed by atoms with van der Waals surface area (Å²) >= 11 is 1.02. The number of nitrogens with zero attached hydrogens (tertiary/aromatic N) is 2. The summed E-state index contributed by atoms with van der Waals surface area (Å²) in [5.41, 5.74) is 0.837. The molecule has 1 amide bonds. The van der Waals surface area contributed by atoms with Gasteiger partial charge in [-0.25, -0.2) is 0 Å². The molecule has 0 atom stereocenters. The van der Waals surface area contributed by atoms with Crippen LogP contribution in [0, 0.1) is 0 Å². The molecular weight excluding hydrogens is 343 g/mol. The topological polar surface area (TPSA) is 64.1 Å². The van der Waals surface area contributed by atoms with E-state index in [4.69, 9.17) is 4.74 Å². The number of fused-ring (bicyclic) bond motifs is 1. The molecule has 1 heterocycles. The van der Waals surface area contributed by atoms with Crippen molar-refractivity contribution in [2.45, 2.75) is 6.18 Å². The van der Waals surface area contributed by atoms with Gasteiger partial charge in [0.15, 0.2) is 6.61 Å². The number of benzene rings is 2. The van der Waals surface area contributed by atoms with Crippen molar-refractivity contribution in [1.29, 1.82) is 0 Å². The van der Waals surface area contributed by atoms with E-state index in [1.165, 1.54) is 12.1 Å². The molecule has 1 aromatic heterocycles. The van der Waals surface area contributed by atoms with Gasteiger partial charge in [0.1, 0.15) is 16.8 Å². The number of aromatic nitrogens is 2. The summed E-state index contributed by atoms with van der Waals surface area (Å²) in [4.78, 5) is 11.9. The number of nitrogens with one attached hydrogen (secondary N) is 1. The molecule has 3 rings (SSSR count).